The molecular formula is C16H20BrN5O3. The van der Waals surface area contributed by atoms with Gasteiger partial charge in [0.2, 0.25) is 5.91 Å². The Morgan fingerprint density at radius 3 is 2.56 bits per heavy atom. The number of halogens is 1. The molecule has 1 amide bonds. The van der Waals surface area contributed by atoms with Crippen molar-refractivity contribution in [3.8, 4) is 0 Å². The van der Waals surface area contributed by atoms with Gasteiger partial charge in [0.1, 0.15) is 10.2 Å². The Balaban J connectivity index is 1.65. The highest BCUT2D eigenvalue weighted by Crippen LogP contribution is 2.23. The van der Waals surface area contributed by atoms with Crippen molar-refractivity contribution in [2.45, 2.75) is 20.3 Å². The molecule has 3 heterocycles. The molecule has 0 bridgehead atoms. The van der Waals surface area contributed by atoms with E-state index in [2.05, 4.69) is 31.1 Å². The first-order valence-corrected chi connectivity index (χ1v) is 8.84. The second kappa shape index (κ2) is 6.99. The fourth-order valence-corrected chi connectivity index (χ4v) is 3.55. The van der Waals surface area contributed by atoms with Crippen molar-refractivity contribution in [2.24, 2.45) is 7.05 Å². The van der Waals surface area contributed by atoms with Crippen LogP contribution in [0.3, 0.4) is 0 Å². The van der Waals surface area contributed by atoms with E-state index < -0.39 is 0 Å². The Kier molecular flexibility index (Phi) is 4.94. The average molecular weight is 410 g/mol. The SMILES string of the molecule is Cc1noc(C)c1CC(=O)N1CCN(c2cnn(C)c(=O)c2Br)CC1. The van der Waals surface area contributed by atoms with Crippen molar-refractivity contribution < 1.29 is 9.32 Å². The van der Waals surface area contributed by atoms with Gasteiger partial charge in [-0.25, -0.2) is 4.68 Å². The van der Waals surface area contributed by atoms with Crippen LogP contribution in [0, 0.1) is 13.8 Å². The average Bonchev–Trinajstić information content (AvgIpc) is 2.92. The molecule has 0 radical (unpaired) electrons. The summed E-state index contributed by atoms with van der Waals surface area (Å²) in [5.41, 5.74) is 2.22. The van der Waals surface area contributed by atoms with Gasteiger partial charge >= 0.3 is 0 Å². The molecule has 1 aliphatic heterocycles. The largest absolute Gasteiger partial charge is 0.366 e. The zero-order chi connectivity index (χ0) is 18.1. The molecule has 134 valence electrons. The number of carbonyl (C=O) groups is 1. The Hall–Kier alpha value is -2.16. The van der Waals surface area contributed by atoms with Gasteiger partial charge in [0.15, 0.2) is 0 Å². The minimum absolute atomic E-state index is 0.0650. The second-order valence-electron chi connectivity index (χ2n) is 6.12. The van der Waals surface area contributed by atoms with Gasteiger partial charge < -0.3 is 14.3 Å². The van der Waals surface area contributed by atoms with Crippen molar-refractivity contribution in [3.05, 3.63) is 38.0 Å². The molecule has 25 heavy (non-hydrogen) atoms. The van der Waals surface area contributed by atoms with Crippen LogP contribution in [0.5, 0.6) is 0 Å². The summed E-state index contributed by atoms with van der Waals surface area (Å²) >= 11 is 3.35. The monoisotopic (exact) mass is 409 g/mol. The summed E-state index contributed by atoms with van der Waals surface area (Å²) in [4.78, 5) is 28.4. The molecule has 0 spiro atoms. The van der Waals surface area contributed by atoms with Crippen molar-refractivity contribution in [2.75, 3.05) is 31.1 Å². The Labute approximate surface area is 153 Å². The summed E-state index contributed by atoms with van der Waals surface area (Å²) in [6.07, 6.45) is 1.98. The van der Waals surface area contributed by atoms with E-state index in [9.17, 15) is 9.59 Å². The maximum atomic E-state index is 12.5. The number of piperazine rings is 1. The Bertz CT molecular complexity index is 832. The van der Waals surface area contributed by atoms with Gasteiger partial charge in [-0.3, -0.25) is 9.59 Å². The molecule has 2 aromatic heterocycles. The number of nitrogens with zero attached hydrogens (tertiary/aromatic N) is 5. The van der Waals surface area contributed by atoms with E-state index in [0.717, 1.165) is 16.9 Å². The van der Waals surface area contributed by atoms with E-state index in [1.165, 1.54) is 4.68 Å². The number of rotatable bonds is 3. The number of anilines is 1. The first-order chi connectivity index (χ1) is 11.9. The zero-order valence-electron chi connectivity index (χ0n) is 14.5. The number of hydrogen-bond acceptors (Lipinski definition) is 6. The number of amides is 1. The van der Waals surface area contributed by atoms with E-state index in [1.807, 2.05) is 18.7 Å². The lowest BCUT2D eigenvalue weighted by Gasteiger charge is -2.36. The summed E-state index contributed by atoms with van der Waals surface area (Å²) in [6.45, 7) is 6.17. The van der Waals surface area contributed by atoms with Crippen LogP contribution in [0.4, 0.5) is 5.69 Å². The summed E-state index contributed by atoms with van der Waals surface area (Å²) in [6, 6.07) is 0. The van der Waals surface area contributed by atoms with E-state index in [0.29, 0.717) is 42.8 Å². The van der Waals surface area contributed by atoms with Crippen molar-refractivity contribution in [3.63, 3.8) is 0 Å². The quantitative estimate of drug-likeness (QED) is 0.752. The zero-order valence-corrected chi connectivity index (χ0v) is 16.0. The Morgan fingerprint density at radius 2 is 1.96 bits per heavy atom. The standard InChI is InChI=1S/C16H20BrN5O3/c1-10-12(11(2)25-19-10)8-14(23)22-6-4-21(5-7-22)13-9-18-20(3)16(24)15(13)17/h9H,4-8H2,1-3H3. The molecule has 0 aromatic carbocycles. The molecule has 8 nitrogen and oxygen atoms in total. The minimum atomic E-state index is -0.172. The molecule has 0 aliphatic carbocycles. The third kappa shape index (κ3) is 3.46. The van der Waals surface area contributed by atoms with Crippen molar-refractivity contribution in [1.82, 2.24) is 19.8 Å². The smallest absolute Gasteiger partial charge is 0.282 e. The molecule has 2 aromatic rings. The minimum Gasteiger partial charge on any atom is -0.366 e. The van der Waals surface area contributed by atoms with Crippen LogP contribution < -0.4 is 10.5 Å². The first kappa shape index (κ1) is 17.7. The molecule has 0 saturated carbocycles. The van der Waals surface area contributed by atoms with Gasteiger partial charge in [-0.05, 0) is 29.8 Å². The molecule has 1 saturated heterocycles. The molecule has 0 atom stereocenters. The van der Waals surface area contributed by atoms with E-state index in [-0.39, 0.29) is 11.5 Å². The maximum absolute atomic E-state index is 12.5. The van der Waals surface area contributed by atoms with Crippen LogP contribution in [-0.2, 0) is 18.3 Å². The molecule has 0 unspecified atom stereocenters. The molecule has 0 N–H and O–H groups in total. The summed E-state index contributed by atoms with van der Waals surface area (Å²) < 4.78 is 6.91. The second-order valence-corrected chi connectivity index (χ2v) is 6.91. The fourth-order valence-electron chi connectivity index (χ4n) is 2.94. The number of hydrogen-bond donors (Lipinski definition) is 0. The van der Waals surface area contributed by atoms with Crippen LogP contribution >= 0.6 is 15.9 Å². The van der Waals surface area contributed by atoms with Crippen molar-refractivity contribution >= 4 is 27.5 Å². The number of aromatic nitrogens is 3. The highest BCUT2D eigenvalue weighted by Gasteiger charge is 2.25. The summed E-state index contributed by atoms with van der Waals surface area (Å²) in [7, 11) is 1.61. The molecule has 9 heteroatoms. The molecule has 1 fully saturated rings. The van der Waals surface area contributed by atoms with Crippen molar-refractivity contribution in [1.29, 1.82) is 0 Å². The number of carbonyl (C=O) groups excluding carboxylic acids is 1. The van der Waals surface area contributed by atoms with E-state index in [4.69, 9.17) is 4.52 Å². The van der Waals surface area contributed by atoms with Gasteiger partial charge in [0.05, 0.1) is 24.0 Å². The summed E-state index contributed by atoms with van der Waals surface area (Å²) in [5, 5.41) is 7.97. The predicted molar refractivity (Wildman–Crippen MR) is 95.7 cm³/mol. The van der Waals surface area contributed by atoms with Crippen LogP contribution in [-0.4, -0.2) is 51.9 Å². The highest BCUT2D eigenvalue weighted by molar-refractivity contribution is 9.10. The Morgan fingerprint density at radius 1 is 1.28 bits per heavy atom. The molecule has 1 aliphatic rings. The third-order valence-electron chi connectivity index (χ3n) is 4.54. The lowest BCUT2D eigenvalue weighted by atomic mass is 10.1. The van der Waals surface area contributed by atoms with Gasteiger partial charge in [0, 0.05) is 38.8 Å². The van der Waals surface area contributed by atoms with Gasteiger partial charge in [0.25, 0.3) is 5.56 Å². The number of aryl methyl sites for hydroxylation is 3. The third-order valence-corrected chi connectivity index (χ3v) is 5.29. The van der Waals surface area contributed by atoms with E-state index in [1.54, 1.807) is 13.2 Å². The maximum Gasteiger partial charge on any atom is 0.282 e. The topological polar surface area (TPSA) is 84.5 Å². The normalized spacial score (nSPS) is 14.9. The van der Waals surface area contributed by atoms with Crippen LogP contribution in [0.1, 0.15) is 17.0 Å². The predicted octanol–water partition coefficient (Wildman–Crippen LogP) is 1.04. The van der Waals surface area contributed by atoms with Crippen LogP contribution in [0.25, 0.3) is 0 Å². The lowest BCUT2D eigenvalue weighted by Crippen LogP contribution is -2.49. The van der Waals surface area contributed by atoms with E-state index >= 15 is 0 Å². The highest BCUT2D eigenvalue weighted by atomic mass is 79.9. The first-order valence-electron chi connectivity index (χ1n) is 8.04. The fraction of sp³-hybridized carbons (Fsp3) is 0.500. The van der Waals surface area contributed by atoms with Crippen LogP contribution in [0.15, 0.2) is 20.0 Å². The van der Waals surface area contributed by atoms with Gasteiger partial charge in [-0.1, -0.05) is 5.16 Å². The van der Waals surface area contributed by atoms with Gasteiger partial charge in [-0.2, -0.15) is 5.10 Å². The summed E-state index contributed by atoms with van der Waals surface area (Å²) in [5.74, 6) is 0.759. The van der Waals surface area contributed by atoms with Crippen LogP contribution in [0.2, 0.25) is 0 Å². The molecule has 3 rings (SSSR count). The molecular weight excluding hydrogens is 390 g/mol. The lowest BCUT2D eigenvalue weighted by molar-refractivity contribution is -0.130. The van der Waals surface area contributed by atoms with Gasteiger partial charge in [-0.15, -0.1) is 0 Å².